The van der Waals surface area contributed by atoms with Crippen LogP contribution in [0.15, 0.2) is 29.6 Å². The van der Waals surface area contributed by atoms with Gasteiger partial charge in [0, 0.05) is 17.0 Å². The molecule has 3 rings (SSSR count). The van der Waals surface area contributed by atoms with Gasteiger partial charge in [0.1, 0.15) is 10.6 Å². The first kappa shape index (κ1) is 16.9. The molecule has 0 radical (unpaired) electrons. The molecule has 4 nitrogen and oxygen atoms in total. The molecule has 0 amide bonds. The van der Waals surface area contributed by atoms with Crippen molar-refractivity contribution >= 4 is 39.6 Å². The van der Waals surface area contributed by atoms with Gasteiger partial charge in [0.05, 0.1) is 6.61 Å². The number of aryl methyl sites for hydroxylation is 1. The monoisotopic (exact) mass is 360 g/mol. The number of anilines is 1. The average molecular weight is 361 g/mol. The number of carbonyl (C=O) groups excluding carboxylic acids is 1. The van der Waals surface area contributed by atoms with Gasteiger partial charge < -0.3 is 15.4 Å². The zero-order chi connectivity index (χ0) is 17.1. The Labute approximate surface area is 151 Å². The Kier molecular flexibility index (Phi) is 5.16. The number of hydrogen-bond donors (Lipinski definition) is 2. The molecule has 6 heteroatoms. The molecule has 2 N–H and O–H groups in total. The predicted molar refractivity (Wildman–Crippen MR) is 103 cm³/mol. The minimum Gasteiger partial charge on any atom is -0.462 e. The first-order valence-corrected chi connectivity index (χ1v) is 9.30. The molecule has 0 unspecified atom stereocenters. The molecule has 1 heterocycles. The van der Waals surface area contributed by atoms with Gasteiger partial charge in [-0.15, -0.1) is 11.3 Å². The summed E-state index contributed by atoms with van der Waals surface area (Å²) in [5.74, 6) is -0.328. The van der Waals surface area contributed by atoms with Gasteiger partial charge in [-0.1, -0.05) is 29.8 Å². The van der Waals surface area contributed by atoms with E-state index in [-0.39, 0.29) is 5.97 Å². The molecule has 0 saturated heterocycles. The third-order valence-electron chi connectivity index (χ3n) is 3.77. The molecule has 1 aliphatic rings. The lowest BCUT2D eigenvalue weighted by molar-refractivity contribution is 0.0529. The van der Waals surface area contributed by atoms with Gasteiger partial charge in [0.2, 0.25) is 0 Å². The Morgan fingerprint density at radius 3 is 2.67 bits per heavy atom. The van der Waals surface area contributed by atoms with E-state index in [4.69, 9.17) is 17.0 Å². The lowest BCUT2D eigenvalue weighted by Gasteiger charge is -2.11. The van der Waals surface area contributed by atoms with Crippen LogP contribution in [0.3, 0.4) is 0 Å². The maximum absolute atomic E-state index is 12.5. The van der Waals surface area contributed by atoms with Crippen molar-refractivity contribution < 1.29 is 9.53 Å². The van der Waals surface area contributed by atoms with Crippen LogP contribution >= 0.6 is 23.6 Å². The summed E-state index contributed by atoms with van der Waals surface area (Å²) in [7, 11) is 0. The van der Waals surface area contributed by atoms with Crippen LogP contribution in [0, 0.1) is 6.92 Å². The standard InChI is InChI=1S/C18H20N2O2S2/c1-3-22-17(21)15-14(12-6-4-11(2)5-7-12)10-24-16(15)20-18(23)19-13-8-9-13/h4-7,10,13H,3,8-9H2,1-2H3,(H2,19,20,23). The number of carbonyl (C=O) groups is 1. The lowest BCUT2D eigenvalue weighted by atomic mass is 10.0. The third kappa shape index (κ3) is 3.94. The fraction of sp³-hybridized carbons (Fsp3) is 0.333. The molecule has 24 heavy (non-hydrogen) atoms. The van der Waals surface area contributed by atoms with E-state index in [2.05, 4.69) is 10.6 Å². The van der Waals surface area contributed by atoms with Crippen molar-refractivity contribution in [3.05, 3.63) is 40.8 Å². The van der Waals surface area contributed by atoms with Crippen molar-refractivity contribution in [2.75, 3.05) is 11.9 Å². The van der Waals surface area contributed by atoms with Gasteiger partial charge in [0.15, 0.2) is 5.11 Å². The number of rotatable bonds is 5. The number of thiocarbonyl (C=S) groups is 1. The van der Waals surface area contributed by atoms with Crippen LogP contribution in [0.2, 0.25) is 0 Å². The lowest BCUT2D eigenvalue weighted by Crippen LogP contribution is -2.30. The number of esters is 1. The number of ether oxygens (including phenoxy) is 1. The van der Waals surface area contributed by atoms with Crippen molar-refractivity contribution in [1.29, 1.82) is 0 Å². The number of hydrogen-bond acceptors (Lipinski definition) is 4. The largest absolute Gasteiger partial charge is 0.462 e. The second kappa shape index (κ2) is 7.32. The second-order valence-electron chi connectivity index (χ2n) is 5.81. The zero-order valence-electron chi connectivity index (χ0n) is 13.7. The molecule has 0 bridgehead atoms. The quantitative estimate of drug-likeness (QED) is 0.613. The molecule has 1 fully saturated rings. The highest BCUT2D eigenvalue weighted by atomic mass is 32.1. The van der Waals surface area contributed by atoms with E-state index >= 15 is 0 Å². The summed E-state index contributed by atoms with van der Waals surface area (Å²) >= 11 is 6.80. The fourth-order valence-corrected chi connectivity index (χ4v) is 3.65. The van der Waals surface area contributed by atoms with Crippen molar-refractivity contribution in [2.24, 2.45) is 0 Å². The van der Waals surface area contributed by atoms with Crippen molar-refractivity contribution in [3.63, 3.8) is 0 Å². The Morgan fingerprint density at radius 1 is 1.33 bits per heavy atom. The minimum atomic E-state index is -0.328. The van der Waals surface area contributed by atoms with E-state index in [9.17, 15) is 4.79 Å². The summed E-state index contributed by atoms with van der Waals surface area (Å²) in [4.78, 5) is 12.5. The number of thiophene rings is 1. The molecule has 1 saturated carbocycles. The van der Waals surface area contributed by atoms with E-state index in [1.807, 2.05) is 43.5 Å². The molecule has 0 spiro atoms. The SMILES string of the molecule is CCOC(=O)c1c(-c2ccc(C)cc2)csc1NC(=S)NC1CC1. The van der Waals surface area contributed by atoms with Crippen LogP contribution in [-0.4, -0.2) is 23.7 Å². The van der Waals surface area contributed by atoms with Gasteiger partial charge in [-0.05, 0) is 44.5 Å². The second-order valence-corrected chi connectivity index (χ2v) is 7.10. The molecule has 1 aromatic heterocycles. The molecular formula is C18H20N2O2S2. The van der Waals surface area contributed by atoms with E-state index in [1.165, 1.54) is 16.9 Å². The van der Waals surface area contributed by atoms with E-state index in [1.54, 1.807) is 0 Å². The normalized spacial score (nSPS) is 13.4. The van der Waals surface area contributed by atoms with Crippen molar-refractivity contribution in [1.82, 2.24) is 5.32 Å². The Hall–Kier alpha value is -1.92. The summed E-state index contributed by atoms with van der Waals surface area (Å²) in [5.41, 5.74) is 3.59. The summed E-state index contributed by atoms with van der Waals surface area (Å²) in [6.45, 7) is 4.19. The Bertz CT molecular complexity index is 749. The van der Waals surface area contributed by atoms with Crippen molar-refractivity contribution in [2.45, 2.75) is 32.7 Å². The highest BCUT2D eigenvalue weighted by molar-refractivity contribution is 7.80. The van der Waals surface area contributed by atoms with Gasteiger partial charge in [0.25, 0.3) is 0 Å². The van der Waals surface area contributed by atoms with Gasteiger partial charge in [-0.2, -0.15) is 0 Å². The maximum Gasteiger partial charge on any atom is 0.341 e. The van der Waals surface area contributed by atoms with Crippen LogP contribution in [0.4, 0.5) is 5.00 Å². The summed E-state index contributed by atoms with van der Waals surface area (Å²) in [6.07, 6.45) is 2.29. The Morgan fingerprint density at radius 2 is 2.04 bits per heavy atom. The van der Waals surface area contributed by atoms with Crippen LogP contribution in [0.5, 0.6) is 0 Å². The first-order valence-electron chi connectivity index (χ1n) is 8.01. The predicted octanol–water partition coefficient (Wildman–Crippen LogP) is 4.35. The van der Waals surface area contributed by atoms with E-state index in [0.717, 1.165) is 29.0 Å². The summed E-state index contributed by atoms with van der Waals surface area (Å²) in [5, 5.41) is 9.64. The zero-order valence-corrected chi connectivity index (χ0v) is 15.4. The number of nitrogens with one attached hydrogen (secondary N) is 2. The van der Waals surface area contributed by atoms with Crippen LogP contribution in [0.1, 0.15) is 35.7 Å². The highest BCUT2D eigenvalue weighted by Gasteiger charge is 2.25. The van der Waals surface area contributed by atoms with Crippen LogP contribution in [-0.2, 0) is 4.74 Å². The molecular weight excluding hydrogens is 340 g/mol. The van der Waals surface area contributed by atoms with Gasteiger partial charge in [-0.25, -0.2) is 4.79 Å². The number of benzene rings is 1. The molecule has 1 aliphatic carbocycles. The summed E-state index contributed by atoms with van der Waals surface area (Å²) in [6, 6.07) is 8.57. The van der Waals surface area contributed by atoms with E-state index < -0.39 is 0 Å². The topological polar surface area (TPSA) is 50.4 Å². The van der Waals surface area contributed by atoms with Gasteiger partial charge in [-0.3, -0.25) is 0 Å². The molecule has 1 aromatic carbocycles. The van der Waals surface area contributed by atoms with E-state index in [0.29, 0.717) is 23.3 Å². The van der Waals surface area contributed by atoms with Crippen LogP contribution in [0.25, 0.3) is 11.1 Å². The molecule has 2 aromatic rings. The maximum atomic E-state index is 12.5. The summed E-state index contributed by atoms with van der Waals surface area (Å²) < 4.78 is 5.25. The average Bonchev–Trinajstić information content (AvgIpc) is 3.26. The molecule has 0 atom stereocenters. The van der Waals surface area contributed by atoms with Crippen molar-refractivity contribution in [3.8, 4) is 11.1 Å². The highest BCUT2D eigenvalue weighted by Crippen LogP contribution is 2.36. The first-order chi connectivity index (χ1) is 11.6. The van der Waals surface area contributed by atoms with Crippen LogP contribution < -0.4 is 10.6 Å². The van der Waals surface area contributed by atoms with Gasteiger partial charge >= 0.3 is 5.97 Å². The molecule has 0 aliphatic heterocycles. The third-order valence-corrected chi connectivity index (χ3v) is 4.89. The minimum absolute atomic E-state index is 0.328. The molecule has 126 valence electrons. The smallest absolute Gasteiger partial charge is 0.341 e. The Balaban J connectivity index is 1.91. The fourth-order valence-electron chi connectivity index (χ4n) is 2.35.